The van der Waals surface area contributed by atoms with Gasteiger partial charge in [-0.15, -0.1) is 0 Å². The molecule has 1 unspecified atom stereocenters. The minimum atomic E-state index is -0.985. The lowest BCUT2D eigenvalue weighted by atomic mass is 10.1. The fraction of sp³-hybridized carbons (Fsp3) is 0.385. The van der Waals surface area contributed by atoms with Gasteiger partial charge in [0, 0.05) is 12.0 Å². The first-order chi connectivity index (χ1) is 8.08. The summed E-state index contributed by atoms with van der Waals surface area (Å²) in [6, 6.07) is 6.54. The number of carboxylic acids is 1. The number of hydrogen-bond acceptors (Lipinski definition) is 3. The maximum Gasteiger partial charge on any atom is 0.344 e. The van der Waals surface area contributed by atoms with Gasteiger partial charge in [0.25, 0.3) is 0 Å². The van der Waals surface area contributed by atoms with E-state index in [1.54, 1.807) is 38.1 Å². The normalized spacial score (nSPS) is 11.9. The second-order valence-electron chi connectivity index (χ2n) is 3.65. The molecule has 0 spiro atoms. The first-order valence-corrected chi connectivity index (χ1v) is 5.61. The van der Waals surface area contributed by atoms with Crippen LogP contribution in [0.3, 0.4) is 0 Å². The van der Waals surface area contributed by atoms with Crippen molar-refractivity contribution in [3.05, 3.63) is 29.8 Å². The van der Waals surface area contributed by atoms with Gasteiger partial charge in [-0.1, -0.05) is 13.8 Å². The van der Waals surface area contributed by atoms with Gasteiger partial charge < -0.3 is 9.84 Å². The van der Waals surface area contributed by atoms with E-state index in [4.69, 9.17) is 9.84 Å². The number of carboxylic acid groups (broad SMARTS) is 1. The van der Waals surface area contributed by atoms with Gasteiger partial charge >= 0.3 is 5.97 Å². The lowest BCUT2D eigenvalue weighted by molar-refractivity contribution is -0.145. The fourth-order valence-electron chi connectivity index (χ4n) is 1.40. The summed E-state index contributed by atoms with van der Waals surface area (Å²) in [6.45, 7) is 3.54. The summed E-state index contributed by atoms with van der Waals surface area (Å²) in [7, 11) is 0. The number of aliphatic carboxylic acids is 1. The molecule has 0 radical (unpaired) electrons. The maximum atomic E-state index is 11.4. The molecule has 0 amide bonds. The zero-order valence-corrected chi connectivity index (χ0v) is 9.97. The molecule has 4 nitrogen and oxygen atoms in total. The highest BCUT2D eigenvalue weighted by Gasteiger charge is 2.16. The van der Waals surface area contributed by atoms with E-state index < -0.39 is 12.1 Å². The highest BCUT2D eigenvalue weighted by molar-refractivity contribution is 5.95. The number of Topliss-reactive ketones (excluding diaryl/α,β-unsaturated/α-hetero) is 1. The number of rotatable bonds is 6. The number of carbonyl (C=O) groups is 2. The molecule has 92 valence electrons. The van der Waals surface area contributed by atoms with Crippen LogP contribution in [0.25, 0.3) is 0 Å². The molecule has 0 saturated carbocycles. The van der Waals surface area contributed by atoms with Gasteiger partial charge in [0.2, 0.25) is 0 Å². The Morgan fingerprint density at radius 2 is 1.82 bits per heavy atom. The predicted octanol–water partition coefficient (Wildman–Crippen LogP) is 2.52. The van der Waals surface area contributed by atoms with E-state index >= 15 is 0 Å². The van der Waals surface area contributed by atoms with Gasteiger partial charge in [0.1, 0.15) is 5.75 Å². The quantitative estimate of drug-likeness (QED) is 0.771. The molecule has 1 aromatic carbocycles. The second kappa shape index (κ2) is 6.03. The Morgan fingerprint density at radius 1 is 1.24 bits per heavy atom. The van der Waals surface area contributed by atoms with Gasteiger partial charge in [-0.2, -0.15) is 0 Å². The Morgan fingerprint density at radius 3 is 2.24 bits per heavy atom. The molecule has 0 aromatic heterocycles. The summed E-state index contributed by atoms with van der Waals surface area (Å²) in [5, 5.41) is 8.84. The maximum absolute atomic E-state index is 11.4. The van der Waals surface area contributed by atoms with Crippen LogP contribution in [-0.2, 0) is 4.79 Å². The third-order valence-corrected chi connectivity index (χ3v) is 2.42. The topological polar surface area (TPSA) is 63.6 Å². The van der Waals surface area contributed by atoms with Gasteiger partial charge in [-0.3, -0.25) is 4.79 Å². The SMILES string of the molecule is CCC(=O)c1ccc(OC(CC)C(=O)O)cc1. The summed E-state index contributed by atoms with van der Waals surface area (Å²) >= 11 is 0. The summed E-state index contributed by atoms with van der Waals surface area (Å²) in [4.78, 5) is 22.2. The fourth-order valence-corrected chi connectivity index (χ4v) is 1.40. The van der Waals surface area contributed by atoms with Gasteiger partial charge in [-0.05, 0) is 30.7 Å². The standard InChI is InChI=1S/C13H16O4/c1-3-11(14)9-5-7-10(8-6-9)17-12(4-2)13(15)16/h5-8,12H,3-4H2,1-2H3,(H,15,16). The molecule has 1 rings (SSSR count). The molecule has 0 fully saturated rings. The van der Waals surface area contributed by atoms with E-state index in [-0.39, 0.29) is 5.78 Å². The number of benzene rings is 1. The van der Waals surface area contributed by atoms with Gasteiger partial charge in [0.05, 0.1) is 0 Å². The highest BCUT2D eigenvalue weighted by atomic mass is 16.5. The zero-order chi connectivity index (χ0) is 12.8. The van der Waals surface area contributed by atoms with Crippen LogP contribution in [0.4, 0.5) is 0 Å². The Hall–Kier alpha value is -1.84. The van der Waals surface area contributed by atoms with Gasteiger partial charge in [0.15, 0.2) is 11.9 Å². The van der Waals surface area contributed by atoms with E-state index in [9.17, 15) is 9.59 Å². The molecule has 4 heteroatoms. The van der Waals surface area contributed by atoms with Crippen LogP contribution in [0.1, 0.15) is 37.0 Å². The number of hydrogen-bond donors (Lipinski definition) is 1. The molecule has 0 aliphatic heterocycles. The summed E-state index contributed by atoms with van der Waals surface area (Å²) in [5.74, 6) is -0.463. The van der Waals surface area contributed by atoms with Crippen LogP contribution in [0.5, 0.6) is 5.75 Å². The molecule has 0 aliphatic carbocycles. The van der Waals surface area contributed by atoms with Crippen molar-refractivity contribution >= 4 is 11.8 Å². The smallest absolute Gasteiger partial charge is 0.344 e. The minimum Gasteiger partial charge on any atom is -0.479 e. The Bertz CT molecular complexity index is 394. The third-order valence-electron chi connectivity index (χ3n) is 2.42. The largest absolute Gasteiger partial charge is 0.479 e. The average Bonchev–Trinajstić information content (AvgIpc) is 2.35. The molecule has 1 atom stereocenters. The van der Waals surface area contributed by atoms with Crippen molar-refractivity contribution in [1.82, 2.24) is 0 Å². The van der Waals surface area contributed by atoms with Crippen molar-refractivity contribution < 1.29 is 19.4 Å². The van der Waals surface area contributed by atoms with Gasteiger partial charge in [-0.25, -0.2) is 4.79 Å². The molecule has 1 N–H and O–H groups in total. The average molecular weight is 236 g/mol. The van der Waals surface area contributed by atoms with Crippen molar-refractivity contribution in [3.8, 4) is 5.75 Å². The molecule has 1 aromatic rings. The van der Waals surface area contributed by atoms with Crippen molar-refractivity contribution in [2.45, 2.75) is 32.8 Å². The minimum absolute atomic E-state index is 0.0572. The van der Waals surface area contributed by atoms with Crippen molar-refractivity contribution in [2.75, 3.05) is 0 Å². The summed E-state index contributed by atoms with van der Waals surface area (Å²) in [5.41, 5.74) is 0.614. The number of ether oxygens (including phenoxy) is 1. The second-order valence-corrected chi connectivity index (χ2v) is 3.65. The summed E-state index contributed by atoms with van der Waals surface area (Å²) in [6.07, 6.45) is 0.000431. The van der Waals surface area contributed by atoms with E-state index in [0.717, 1.165) is 0 Å². The Labute approximate surface area is 100 Å². The van der Waals surface area contributed by atoms with Crippen molar-refractivity contribution in [1.29, 1.82) is 0 Å². The molecular weight excluding hydrogens is 220 g/mol. The third kappa shape index (κ3) is 3.59. The van der Waals surface area contributed by atoms with Crippen LogP contribution < -0.4 is 4.74 Å². The zero-order valence-electron chi connectivity index (χ0n) is 9.97. The first kappa shape index (κ1) is 13.2. The lowest BCUT2D eigenvalue weighted by Gasteiger charge is -2.13. The monoisotopic (exact) mass is 236 g/mol. The van der Waals surface area contributed by atoms with Crippen molar-refractivity contribution in [3.63, 3.8) is 0 Å². The number of carbonyl (C=O) groups excluding carboxylic acids is 1. The first-order valence-electron chi connectivity index (χ1n) is 5.61. The van der Waals surface area contributed by atoms with E-state index in [1.165, 1.54) is 0 Å². The summed E-state index contributed by atoms with van der Waals surface area (Å²) < 4.78 is 5.28. The van der Waals surface area contributed by atoms with Crippen LogP contribution in [0.2, 0.25) is 0 Å². The molecular formula is C13H16O4. The Kier molecular flexibility index (Phi) is 4.69. The molecule has 17 heavy (non-hydrogen) atoms. The van der Waals surface area contributed by atoms with Crippen molar-refractivity contribution in [2.24, 2.45) is 0 Å². The lowest BCUT2D eigenvalue weighted by Crippen LogP contribution is -2.25. The molecule has 0 bridgehead atoms. The highest BCUT2D eigenvalue weighted by Crippen LogP contribution is 2.16. The van der Waals surface area contributed by atoms with Crippen LogP contribution in [-0.4, -0.2) is 23.0 Å². The van der Waals surface area contributed by atoms with E-state index in [1.807, 2.05) is 0 Å². The molecule has 0 heterocycles. The van der Waals surface area contributed by atoms with Crippen LogP contribution >= 0.6 is 0 Å². The van der Waals surface area contributed by atoms with Crippen LogP contribution in [0.15, 0.2) is 24.3 Å². The predicted molar refractivity (Wildman–Crippen MR) is 63.4 cm³/mol. The number of ketones is 1. The molecule has 0 saturated heterocycles. The van der Waals surface area contributed by atoms with E-state index in [0.29, 0.717) is 24.2 Å². The molecule has 0 aliphatic rings. The van der Waals surface area contributed by atoms with E-state index in [2.05, 4.69) is 0 Å². The van der Waals surface area contributed by atoms with Crippen LogP contribution in [0, 0.1) is 0 Å². The Balaban J connectivity index is 2.74.